The SMILES string of the molecule is CCC(O)(P(=O)([O-])O)P(=O)(O)O.O.[Na+]. The topological polar surface area (TPSA) is 170 Å². The molecular formula is C3H11NaO8P2. The fourth-order valence-corrected chi connectivity index (χ4v) is 2.70. The Kier molecular flexibility index (Phi) is 8.95. The molecule has 0 spiro atoms. The molecule has 0 saturated carbocycles. The molecule has 0 rings (SSSR count). The van der Waals surface area contributed by atoms with Gasteiger partial charge >= 0.3 is 37.2 Å². The van der Waals surface area contributed by atoms with Crippen LogP contribution >= 0.6 is 15.2 Å². The standard InChI is InChI=1S/C3H10O7P2.Na.H2O/c1-2-3(4,11(5,6)7)12(8,9)10;;/h4H,2H2,1H3,(H2,5,6,7)(H2,8,9,10);;1H2/q;+1;/p-1. The Morgan fingerprint density at radius 1 is 1.29 bits per heavy atom. The van der Waals surface area contributed by atoms with Gasteiger partial charge in [0.15, 0.2) is 7.60 Å². The van der Waals surface area contributed by atoms with Crippen LogP contribution in [-0.4, -0.2) is 30.3 Å². The van der Waals surface area contributed by atoms with E-state index in [9.17, 15) is 14.0 Å². The molecule has 0 saturated heterocycles. The molecule has 0 bridgehead atoms. The predicted octanol–water partition coefficient (Wildman–Crippen LogP) is -5.05. The molecule has 2 unspecified atom stereocenters. The van der Waals surface area contributed by atoms with Crippen LogP contribution in [-0.2, 0) is 9.13 Å². The second-order valence-electron chi connectivity index (χ2n) is 2.19. The van der Waals surface area contributed by atoms with Crippen LogP contribution in [0.1, 0.15) is 13.3 Å². The molecule has 2 atom stereocenters. The number of rotatable bonds is 3. The van der Waals surface area contributed by atoms with Gasteiger partial charge in [0.05, 0.1) is 0 Å². The molecule has 0 amide bonds. The Labute approximate surface area is 102 Å². The Hall–Kier alpha value is 1.22. The minimum Gasteiger partial charge on any atom is -0.776 e. The molecule has 11 heteroatoms. The van der Waals surface area contributed by atoms with Gasteiger partial charge in [0.1, 0.15) is 0 Å². The van der Waals surface area contributed by atoms with E-state index < -0.39 is 26.7 Å². The van der Waals surface area contributed by atoms with Gasteiger partial charge in [-0.3, -0.25) is 4.57 Å². The van der Waals surface area contributed by atoms with E-state index in [0.29, 0.717) is 0 Å². The molecule has 82 valence electrons. The number of hydrogen-bond acceptors (Lipinski definition) is 4. The van der Waals surface area contributed by atoms with E-state index in [1.807, 2.05) is 0 Å². The summed E-state index contributed by atoms with van der Waals surface area (Å²) in [6, 6.07) is 0. The molecular weight excluding hydrogens is 249 g/mol. The van der Waals surface area contributed by atoms with Gasteiger partial charge in [-0.15, -0.1) is 0 Å². The molecule has 0 aromatic carbocycles. The van der Waals surface area contributed by atoms with Crippen molar-refractivity contribution in [3.63, 3.8) is 0 Å². The van der Waals surface area contributed by atoms with Crippen molar-refractivity contribution in [1.82, 2.24) is 0 Å². The average Bonchev–Trinajstić information content (AvgIpc) is 1.81. The quantitative estimate of drug-likeness (QED) is 0.290. The molecule has 0 aliphatic heterocycles. The molecule has 0 radical (unpaired) electrons. The fourth-order valence-electron chi connectivity index (χ4n) is 0.570. The Bertz CT molecular complexity index is 231. The van der Waals surface area contributed by atoms with E-state index in [1.165, 1.54) is 0 Å². The maximum Gasteiger partial charge on any atom is 1.00 e. The van der Waals surface area contributed by atoms with Crippen molar-refractivity contribution in [3.05, 3.63) is 0 Å². The summed E-state index contributed by atoms with van der Waals surface area (Å²) < 4.78 is 20.8. The maximum atomic E-state index is 10.4. The summed E-state index contributed by atoms with van der Waals surface area (Å²) in [7, 11) is -10.7. The molecule has 8 nitrogen and oxygen atoms in total. The van der Waals surface area contributed by atoms with Crippen molar-refractivity contribution in [1.29, 1.82) is 0 Å². The average molecular weight is 260 g/mol. The first-order valence-corrected chi connectivity index (χ1v) is 6.07. The normalized spacial score (nSPS) is 19.6. The Balaban J connectivity index is -0.000000605. The Morgan fingerprint density at radius 3 is 1.57 bits per heavy atom. The molecule has 0 aliphatic rings. The molecule has 0 fully saturated rings. The van der Waals surface area contributed by atoms with Crippen LogP contribution in [0.2, 0.25) is 0 Å². The van der Waals surface area contributed by atoms with Crippen LogP contribution in [0.15, 0.2) is 0 Å². The minimum atomic E-state index is -5.47. The summed E-state index contributed by atoms with van der Waals surface area (Å²) in [5.41, 5.74) is 0. The fraction of sp³-hybridized carbons (Fsp3) is 1.00. The minimum absolute atomic E-state index is 0. The second kappa shape index (κ2) is 6.08. The smallest absolute Gasteiger partial charge is 0.776 e. The third-order valence-electron chi connectivity index (χ3n) is 1.39. The largest absolute Gasteiger partial charge is 1.00 e. The van der Waals surface area contributed by atoms with Crippen molar-refractivity contribution < 1.29 is 68.8 Å². The van der Waals surface area contributed by atoms with Crippen LogP contribution in [0.25, 0.3) is 0 Å². The van der Waals surface area contributed by atoms with Crippen molar-refractivity contribution >= 4 is 15.2 Å². The van der Waals surface area contributed by atoms with Crippen LogP contribution in [0, 0.1) is 0 Å². The van der Waals surface area contributed by atoms with E-state index >= 15 is 0 Å². The summed E-state index contributed by atoms with van der Waals surface area (Å²) in [5.74, 6) is 0. The van der Waals surface area contributed by atoms with Gasteiger partial charge < -0.3 is 34.7 Å². The van der Waals surface area contributed by atoms with Gasteiger partial charge in [-0.25, -0.2) is 0 Å². The van der Waals surface area contributed by atoms with Crippen molar-refractivity contribution in [2.24, 2.45) is 0 Å². The van der Waals surface area contributed by atoms with Gasteiger partial charge in [0.2, 0.25) is 5.08 Å². The molecule has 0 aromatic rings. The molecule has 6 N–H and O–H groups in total. The van der Waals surface area contributed by atoms with E-state index in [0.717, 1.165) is 6.92 Å². The van der Waals surface area contributed by atoms with Crippen molar-refractivity contribution in [2.75, 3.05) is 0 Å². The van der Waals surface area contributed by atoms with Crippen LogP contribution < -0.4 is 34.5 Å². The van der Waals surface area contributed by atoms with Gasteiger partial charge in [-0.1, -0.05) is 6.92 Å². The maximum absolute atomic E-state index is 10.4. The second-order valence-corrected chi connectivity index (χ2v) is 6.15. The summed E-state index contributed by atoms with van der Waals surface area (Å²) >= 11 is 0. The predicted molar refractivity (Wildman–Crippen MR) is 40.7 cm³/mol. The van der Waals surface area contributed by atoms with Gasteiger partial charge in [0.25, 0.3) is 0 Å². The third-order valence-corrected chi connectivity index (χ3v) is 5.40. The van der Waals surface area contributed by atoms with Gasteiger partial charge in [0, 0.05) is 0 Å². The van der Waals surface area contributed by atoms with E-state index in [-0.39, 0.29) is 35.0 Å². The zero-order valence-electron chi connectivity index (χ0n) is 7.62. The first kappa shape index (κ1) is 20.6. The summed E-state index contributed by atoms with van der Waals surface area (Å²) in [6.07, 6.45) is -0.783. The summed E-state index contributed by atoms with van der Waals surface area (Å²) in [5, 5.41) is 5.54. The van der Waals surface area contributed by atoms with E-state index in [1.54, 1.807) is 0 Å². The molecule has 0 aliphatic carbocycles. The van der Waals surface area contributed by atoms with Crippen LogP contribution in [0.4, 0.5) is 0 Å². The van der Waals surface area contributed by atoms with E-state index in [2.05, 4.69) is 0 Å². The van der Waals surface area contributed by atoms with Crippen molar-refractivity contribution in [2.45, 2.75) is 18.4 Å². The zero-order chi connectivity index (χ0) is 10.2. The van der Waals surface area contributed by atoms with Gasteiger partial charge in [-0.05, 0) is 6.42 Å². The number of aliphatic hydroxyl groups is 1. The van der Waals surface area contributed by atoms with Crippen LogP contribution in [0.3, 0.4) is 0 Å². The first-order chi connectivity index (χ1) is 5.06. The van der Waals surface area contributed by atoms with E-state index in [4.69, 9.17) is 19.8 Å². The third kappa shape index (κ3) is 4.00. The number of hydrogen-bond donors (Lipinski definition) is 4. The summed E-state index contributed by atoms with van der Waals surface area (Å²) in [6.45, 7) is 1.03. The van der Waals surface area contributed by atoms with Crippen LogP contribution in [0.5, 0.6) is 0 Å². The van der Waals surface area contributed by atoms with Crippen molar-refractivity contribution in [3.8, 4) is 0 Å². The van der Waals surface area contributed by atoms with Gasteiger partial charge in [-0.2, -0.15) is 0 Å². The monoisotopic (exact) mass is 260 g/mol. The first-order valence-electron chi connectivity index (χ1n) is 2.88. The zero-order valence-corrected chi connectivity index (χ0v) is 11.4. The molecule has 14 heavy (non-hydrogen) atoms. The molecule has 0 heterocycles. The summed E-state index contributed by atoms with van der Waals surface area (Å²) in [4.78, 5) is 35.5. The molecule has 0 aromatic heterocycles. The Morgan fingerprint density at radius 2 is 1.57 bits per heavy atom.